The number of benzene rings is 2. The third-order valence-corrected chi connectivity index (χ3v) is 4.56. The first-order valence-corrected chi connectivity index (χ1v) is 7.31. The minimum absolute atomic E-state index is 0.155. The quantitative estimate of drug-likeness (QED) is 0.715. The van der Waals surface area contributed by atoms with Gasteiger partial charge in [0.05, 0.1) is 11.9 Å². The van der Waals surface area contributed by atoms with E-state index in [0.29, 0.717) is 0 Å². The average molecular weight is 319 g/mol. The number of hydrogen-bond acceptors (Lipinski definition) is 1. The van der Waals surface area contributed by atoms with Gasteiger partial charge in [0.25, 0.3) is 0 Å². The zero-order chi connectivity index (χ0) is 14.0. The predicted molar refractivity (Wildman–Crippen MR) is 84.4 cm³/mol. The van der Waals surface area contributed by atoms with Crippen LogP contribution in [0.3, 0.4) is 0 Å². The van der Waals surface area contributed by atoms with E-state index in [1.165, 1.54) is 27.8 Å². The maximum Gasteiger partial charge on any atom is 0.123 e. The van der Waals surface area contributed by atoms with E-state index in [1.807, 2.05) is 6.07 Å². The Kier molecular flexibility index (Phi) is 4.31. The van der Waals surface area contributed by atoms with Gasteiger partial charge in [-0.15, -0.1) is 0 Å². The highest BCUT2D eigenvalue weighted by Gasteiger charge is 2.17. The van der Waals surface area contributed by atoms with Crippen molar-refractivity contribution in [2.24, 2.45) is 0 Å². The van der Waals surface area contributed by atoms with Crippen LogP contribution in [0.5, 0.6) is 5.75 Å². The molecule has 0 aromatic heterocycles. The van der Waals surface area contributed by atoms with Crippen LogP contribution in [0.25, 0.3) is 0 Å². The lowest BCUT2D eigenvalue weighted by Crippen LogP contribution is -2.00. The van der Waals surface area contributed by atoms with Gasteiger partial charge in [-0.05, 0) is 43.5 Å². The molecular weight excluding hydrogens is 300 g/mol. The lowest BCUT2D eigenvalue weighted by atomic mass is 9.96. The van der Waals surface area contributed by atoms with Crippen molar-refractivity contribution in [1.82, 2.24) is 0 Å². The minimum atomic E-state index is 0.155. The number of methoxy groups -OCH3 is 1. The van der Waals surface area contributed by atoms with E-state index in [4.69, 9.17) is 4.74 Å². The molecule has 0 aliphatic carbocycles. The van der Waals surface area contributed by atoms with Crippen molar-refractivity contribution >= 4 is 15.9 Å². The molecule has 0 aliphatic heterocycles. The summed E-state index contributed by atoms with van der Waals surface area (Å²) in [6.45, 7) is 6.42. The Hall–Kier alpha value is -1.28. The van der Waals surface area contributed by atoms with Crippen molar-refractivity contribution in [3.63, 3.8) is 0 Å². The van der Waals surface area contributed by atoms with E-state index in [0.717, 1.165) is 5.75 Å². The van der Waals surface area contributed by atoms with Crippen molar-refractivity contribution in [3.05, 3.63) is 64.2 Å². The van der Waals surface area contributed by atoms with Crippen LogP contribution in [0.15, 0.2) is 36.4 Å². The van der Waals surface area contributed by atoms with Gasteiger partial charge in [-0.3, -0.25) is 0 Å². The van der Waals surface area contributed by atoms with E-state index < -0.39 is 0 Å². The Morgan fingerprint density at radius 3 is 2.42 bits per heavy atom. The monoisotopic (exact) mass is 318 g/mol. The molecule has 0 aliphatic rings. The Labute approximate surface area is 123 Å². The van der Waals surface area contributed by atoms with Gasteiger partial charge in [-0.25, -0.2) is 0 Å². The number of aryl methyl sites for hydroxylation is 2. The van der Waals surface area contributed by atoms with Gasteiger partial charge in [0.1, 0.15) is 5.75 Å². The molecule has 100 valence electrons. The van der Waals surface area contributed by atoms with Crippen LogP contribution >= 0.6 is 15.9 Å². The molecule has 0 heterocycles. The first-order chi connectivity index (χ1) is 9.04. The number of halogens is 1. The summed E-state index contributed by atoms with van der Waals surface area (Å²) in [4.78, 5) is 0.155. The van der Waals surface area contributed by atoms with Crippen molar-refractivity contribution < 1.29 is 4.74 Å². The van der Waals surface area contributed by atoms with E-state index in [9.17, 15) is 0 Å². The molecule has 2 rings (SSSR count). The summed E-state index contributed by atoms with van der Waals surface area (Å²) in [6.07, 6.45) is 0. The van der Waals surface area contributed by atoms with Gasteiger partial charge < -0.3 is 4.74 Å². The molecule has 0 amide bonds. The van der Waals surface area contributed by atoms with Gasteiger partial charge in [-0.2, -0.15) is 0 Å². The summed E-state index contributed by atoms with van der Waals surface area (Å²) in [5.41, 5.74) is 6.35. The Bertz CT molecular complexity index is 590. The number of hydrogen-bond donors (Lipinski definition) is 0. The summed E-state index contributed by atoms with van der Waals surface area (Å²) in [7, 11) is 1.72. The van der Waals surface area contributed by atoms with Gasteiger partial charge in [-0.1, -0.05) is 51.8 Å². The average Bonchev–Trinajstić information content (AvgIpc) is 2.41. The molecule has 1 nitrogen and oxygen atoms in total. The summed E-state index contributed by atoms with van der Waals surface area (Å²) < 4.78 is 5.48. The van der Waals surface area contributed by atoms with E-state index in [1.54, 1.807) is 7.11 Å². The normalized spacial score (nSPS) is 12.3. The molecule has 2 aromatic rings. The molecule has 0 radical (unpaired) electrons. The first kappa shape index (κ1) is 14.1. The topological polar surface area (TPSA) is 9.23 Å². The Morgan fingerprint density at radius 1 is 1.00 bits per heavy atom. The third-order valence-electron chi connectivity index (χ3n) is 3.58. The van der Waals surface area contributed by atoms with Crippen LogP contribution in [-0.4, -0.2) is 7.11 Å². The van der Waals surface area contributed by atoms with Crippen LogP contribution in [0.1, 0.15) is 32.6 Å². The lowest BCUT2D eigenvalue weighted by molar-refractivity contribution is 0.410. The second-order valence-corrected chi connectivity index (χ2v) is 5.81. The Balaban J connectivity index is 2.52. The first-order valence-electron chi connectivity index (χ1n) is 6.39. The van der Waals surface area contributed by atoms with Gasteiger partial charge in [0.15, 0.2) is 0 Å². The number of rotatable bonds is 3. The van der Waals surface area contributed by atoms with Crippen molar-refractivity contribution in [2.75, 3.05) is 7.11 Å². The van der Waals surface area contributed by atoms with Crippen LogP contribution in [-0.2, 0) is 0 Å². The molecule has 1 atom stereocenters. The molecule has 19 heavy (non-hydrogen) atoms. The number of alkyl halides is 1. The summed E-state index contributed by atoms with van der Waals surface area (Å²) in [5.74, 6) is 0.924. The molecule has 2 aromatic carbocycles. The molecule has 0 bridgehead atoms. The molecule has 0 saturated heterocycles. The molecular formula is C17H19BrO. The second kappa shape index (κ2) is 5.79. The molecule has 0 fully saturated rings. The van der Waals surface area contributed by atoms with Crippen LogP contribution in [0.4, 0.5) is 0 Å². The van der Waals surface area contributed by atoms with Gasteiger partial charge in [0.2, 0.25) is 0 Å². The molecule has 0 saturated carbocycles. The molecule has 1 unspecified atom stereocenters. The van der Waals surface area contributed by atoms with E-state index in [-0.39, 0.29) is 4.83 Å². The summed E-state index contributed by atoms with van der Waals surface area (Å²) in [5, 5.41) is 0. The SMILES string of the molecule is COc1ccc(C)cc1C(Br)c1cccc(C)c1C. The fraction of sp³-hybridized carbons (Fsp3) is 0.294. The van der Waals surface area contributed by atoms with Crippen molar-refractivity contribution in [1.29, 1.82) is 0 Å². The second-order valence-electron chi connectivity index (χ2n) is 4.90. The summed E-state index contributed by atoms with van der Waals surface area (Å²) >= 11 is 3.82. The zero-order valence-electron chi connectivity index (χ0n) is 11.8. The van der Waals surface area contributed by atoms with Crippen LogP contribution in [0.2, 0.25) is 0 Å². The standard InChI is InChI=1S/C17H19BrO/c1-11-8-9-16(19-4)15(10-11)17(18)14-7-5-6-12(2)13(14)3/h5-10,17H,1-4H3. The third kappa shape index (κ3) is 2.84. The lowest BCUT2D eigenvalue weighted by Gasteiger charge is -2.18. The van der Waals surface area contributed by atoms with Crippen molar-refractivity contribution in [2.45, 2.75) is 25.6 Å². The van der Waals surface area contributed by atoms with E-state index in [2.05, 4.69) is 67.0 Å². The maximum absolute atomic E-state index is 5.48. The highest BCUT2D eigenvalue weighted by Crippen LogP contribution is 2.38. The molecule has 0 spiro atoms. The zero-order valence-corrected chi connectivity index (χ0v) is 13.4. The Morgan fingerprint density at radius 2 is 1.74 bits per heavy atom. The van der Waals surface area contributed by atoms with E-state index >= 15 is 0 Å². The maximum atomic E-state index is 5.48. The fourth-order valence-electron chi connectivity index (χ4n) is 2.27. The van der Waals surface area contributed by atoms with Crippen LogP contribution in [0, 0.1) is 20.8 Å². The van der Waals surface area contributed by atoms with Gasteiger partial charge in [0, 0.05) is 5.56 Å². The predicted octanol–water partition coefficient (Wildman–Crippen LogP) is 5.10. The van der Waals surface area contributed by atoms with Crippen molar-refractivity contribution in [3.8, 4) is 5.75 Å². The largest absolute Gasteiger partial charge is 0.496 e. The molecule has 0 N–H and O–H groups in total. The highest BCUT2D eigenvalue weighted by molar-refractivity contribution is 9.09. The van der Waals surface area contributed by atoms with Gasteiger partial charge >= 0.3 is 0 Å². The highest BCUT2D eigenvalue weighted by atomic mass is 79.9. The van der Waals surface area contributed by atoms with Crippen LogP contribution < -0.4 is 4.74 Å². The smallest absolute Gasteiger partial charge is 0.123 e. The fourth-order valence-corrected chi connectivity index (χ4v) is 3.12. The number of ether oxygens (including phenoxy) is 1. The molecule has 2 heteroatoms. The summed E-state index contributed by atoms with van der Waals surface area (Å²) in [6, 6.07) is 12.7. The minimum Gasteiger partial charge on any atom is -0.496 e.